The fraction of sp³-hybridized carbons (Fsp3) is 0.500. The lowest BCUT2D eigenvalue weighted by atomic mass is 10.0. The average Bonchev–Trinajstić information content (AvgIpc) is 2.89. The summed E-state index contributed by atoms with van der Waals surface area (Å²) in [5.74, 6) is 0. The fourth-order valence-electron chi connectivity index (χ4n) is 3.62. The van der Waals surface area contributed by atoms with Crippen molar-refractivity contribution in [1.82, 2.24) is 10.2 Å². The zero-order chi connectivity index (χ0) is 16.2. The molecule has 0 bridgehead atoms. The highest BCUT2D eigenvalue weighted by Gasteiger charge is 2.21. The van der Waals surface area contributed by atoms with Gasteiger partial charge < -0.3 is 5.32 Å². The predicted octanol–water partition coefficient (Wildman–Crippen LogP) is 4.68. The van der Waals surface area contributed by atoms with E-state index in [1.54, 1.807) is 0 Å². The molecule has 1 aliphatic rings. The standard InChI is InChI=1S/C20H28N2S/c1-15-13-20(17(3)23-15)16(2)21-19-9-11-22(12-10-19)14-18-7-5-4-6-8-18/h4-8,13,16,19,21H,9-12,14H2,1-3H3. The maximum atomic E-state index is 3.85. The number of aryl methyl sites for hydroxylation is 2. The first-order chi connectivity index (χ1) is 11.1. The van der Waals surface area contributed by atoms with Crippen LogP contribution in [0.15, 0.2) is 36.4 Å². The number of piperidine rings is 1. The molecule has 0 spiro atoms. The molecule has 0 amide bonds. The van der Waals surface area contributed by atoms with Gasteiger partial charge in [0.25, 0.3) is 0 Å². The second kappa shape index (κ2) is 7.61. The van der Waals surface area contributed by atoms with Crippen molar-refractivity contribution in [2.75, 3.05) is 13.1 Å². The van der Waals surface area contributed by atoms with Gasteiger partial charge in [-0.1, -0.05) is 30.3 Å². The van der Waals surface area contributed by atoms with Crippen LogP contribution in [0.2, 0.25) is 0 Å². The fourth-order valence-corrected chi connectivity index (χ4v) is 4.65. The zero-order valence-electron chi connectivity index (χ0n) is 14.5. The lowest BCUT2D eigenvalue weighted by Crippen LogP contribution is -2.42. The Labute approximate surface area is 144 Å². The van der Waals surface area contributed by atoms with Crippen molar-refractivity contribution in [3.8, 4) is 0 Å². The predicted molar refractivity (Wildman–Crippen MR) is 100 cm³/mol. The van der Waals surface area contributed by atoms with Gasteiger partial charge in [-0.3, -0.25) is 4.90 Å². The normalized spacial score (nSPS) is 18.2. The molecular formula is C20H28N2S. The van der Waals surface area contributed by atoms with Crippen molar-refractivity contribution < 1.29 is 0 Å². The Kier molecular flexibility index (Phi) is 5.52. The van der Waals surface area contributed by atoms with Crippen LogP contribution in [0.1, 0.15) is 46.7 Å². The van der Waals surface area contributed by atoms with E-state index in [1.165, 1.54) is 46.8 Å². The minimum Gasteiger partial charge on any atom is -0.307 e. The van der Waals surface area contributed by atoms with Gasteiger partial charge in [-0.25, -0.2) is 0 Å². The summed E-state index contributed by atoms with van der Waals surface area (Å²) in [5, 5.41) is 3.85. The number of nitrogens with one attached hydrogen (secondary N) is 1. The van der Waals surface area contributed by atoms with E-state index in [4.69, 9.17) is 0 Å². The van der Waals surface area contributed by atoms with E-state index in [9.17, 15) is 0 Å². The van der Waals surface area contributed by atoms with E-state index >= 15 is 0 Å². The summed E-state index contributed by atoms with van der Waals surface area (Å²) in [5.41, 5.74) is 2.91. The summed E-state index contributed by atoms with van der Waals surface area (Å²) in [7, 11) is 0. The minimum absolute atomic E-state index is 0.464. The van der Waals surface area contributed by atoms with Crippen molar-refractivity contribution in [2.45, 2.75) is 52.2 Å². The number of hydrogen-bond donors (Lipinski definition) is 1. The van der Waals surface area contributed by atoms with Crippen molar-refractivity contribution in [3.05, 3.63) is 57.3 Å². The number of rotatable bonds is 5. The first-order valence-electron chi connectivity index (χ1n) is 8.71. The molecule has 1 aromatic carbocycles. The molecule has 124 valence electrons. The van der Waals surface area contributed by atoms with Crippen LogP contribution in [-0.4, -0.2) is 24.0 Å². The van der Waals surface area contributed by atoms with Gasteiger partial charge in [0.15, 0.2) is 0 Å². The van der Waals surface area contributed by atoms with E-state index in [-0.39, 0.29) is 0 Å². The summed E-state index contributed by atoms with van der Waals surface area (Å²) < 4.78 is 0. The largest absolute Gasteiger partial charge is 0.307 e. The summed E-state index contributed by atoms with van der Waals surface area (Å²) >= 11 is 1.91. The van der Waals surface area contributed by atoms with Gasteiger partial charge in [0, 0.05) is 28.4 Å². The first-order valence-corrected chi connectivity index (χ1v) is 9.52. The maximum Gasteiger partial charge on any atom is 0.0305 e. The van der Waals surface area contributed by atoms with E-state index < -0.39 is 0 Å². The SMILES string of the molecule is Cc1cc(C(C)NC2CCN(Cc3ccccc3)CC2)c(C)s1. The Morgan fingerprint density at radius 2 is 1.87 bits per heavy atom. The molecule has 1 aromatic heterocycles. The molecule has 2 aromatic rings. The van der Waals surface area contributed by atoms with Gasteiger partial charge in [-0.05, 0) is 63.9 Å². The zero-order valence-corrected chi connectivity index (χ0v) is 15.3. The van der Waals surface area contributed by atoms with Gasteiger partial charge in [0.2, 0.25) is 0 Å². The number of likely N-dealkylation sites (tertiary alicyclic amines) is 1. The van der Waals surface area contributed by atoms with Crippen LogP contribution in [0.5, 0.6) is 0 Å². The van der Waals surface area contributed by atoms with Gasteiger partial charge in [-0.2, -0.15) is 0 Å². The summed E-state index contributed by atoms with van der Waals surface area (Å²) in [6.07, 6.45) is 2.50. The first kappa shape index (κ1) is 16.7. The van der Waals surface area contributed by atoms with Crippen molar-refractivity contribution >= 4 is 11.3 Å². The lowest BCUT2D eigenvalue weighted by Gasteiger charge is -2.34. The molecule has 2 nitrogen and oxygen atoms in total. The number of nitrogens with zero attached hydrogens (tertiary/aromatic N) is 1. The molecule has 1 saturated heterocycles. The van der Waals surface area contributed by atoms with Gasteiger partial charge in [-0.15, -0.1) is 11.3 Å². The minimum atomic E-state index is 0.464. The van der Waals surface area contributed by atoms with Crippen LogP contribution in [0.25, 0.3) is 0 Å². The van der Waals surface area contributed by atoms with Gasteiger partial charge >= 0.3 is 0 Å². The van der Waals surface area contributed by atoms with Gasteiger partial charge in [0.1, 0.15) is 0 Å². The third-order valence-corrected chi connectivity index (χ3v) is 5.85. The molecule has 1 N–H and O–H groups in total. The van der Waals surface area contributed by atoms with Gasteiger partial charge in [0.05, 0.1) is 0 Å². The maximum absolute atomic E-state index is 3.85. The van der Waals surface area contributed by atoms with Crippen molar-refractivity contribution in [1.29, 1.82) is 0 Å². The molecule has 0 aliphatic carbocycles. The highest BCUT2D eigenvalue weighted by atomic mass is 32.1. The summed E-state index contributed by atoms with van der Waals surface area (Å²) in [6.45, 7) is 10.2. The number of benzene rings is 1. The Morgan fingerprint density at radius 1 is 1.17 bits per heavy atom. The highest BCUT2D eigenvalue weighted by molar-refractivity contribution is 7.12. The number of thiophene rings is 1. The molecule has 1 atom stereocenters. The second-order valence-corrected chi connectivity index (χ2v) is 8.25. The Bertz CT molecular complexity index is 612. The summed E-state index contributed by atoms with van der Waals surface area (Å²) in [6, 6.07) is 14.3. The monoisotopic (exact) mass is 328 g/mol. The number of hydrogen-bond acceptors (Lipinski definition) is 3. The van der Waals surface area contributed by atoms with Crippen molar-refractivity contribution in [3.63, 3.8) is 0 Å². The van der Waals surface area contributed by atoms with E-state index in [0.29, 0.717) is 12.1 Å². The van der Waals surface area contributed by atoms with Crippen LogP contribution in [0.4, 0.5) is 0 Å². The Morgan fingerprint density at radius 3 is 2.48 bits per heavy atom. The molecular weight excluding hydrogens is 300 g/mol. The quantitative estimate of drug-likeness (QED) is 0.857. The molecule has 23 heavy (non-hydrogen) atoms. The molecule has 3 heteroatoms. The Hall–Kier alpha value is -1.16. The smallest absolute Gasteiger partial charge is 0.0305 e. The molecule has 0 saturated carbocycles. The van der Waals surface area contributed by atoms with Crippen molar-refractivity contribution in [2.24, 2.45) is 0 Å². The lowest BCUT2D eigenvalue weighted by molar-refractivity contribution is 0.185. The average molecular weight is 329 g/mol. The molecule has 3 rings (SSSR count). The Balaban J connectivity index is 1.48. The molecule has 1 aliphatic heterocycles. The van der Waals surface area contributed by atoms with E-state index in [1.807, 2.05) is 11.3 Å². The van der Waals surface area contributed by atoms with Crippen LogP contribution in [-0.2, 0) is 6.54 Å². The second-order valence-electron chi connectivity index (χ2n) is 6.79. The van der Waals surface area contributed by atoms with Crippen LogP contribution < -0.4 is 5.32 Å². The van der Waals surface area contributed by atoms with Crippen LogP contribution in [0, 0.1) is 13.8 Å². The molecule has 2 heterocycles. The third kappa shape index (κ3) is 4.43. The van der Waals surface area contributed by atoms with E-state index in [2.05, 4.69) is 67.4 Å². The molecule has 0 radical (unpaired) electrons. The third-order valence-electron chi connectivity index (χ3n) is 4.87. The molecule has 1 unspecified atom stereocenters. The van der Waals surface area contributed by atoms with Crippen LogP contribution >= 0.6 is 11.3 Å². The molecule has 1 fully saturated rings. The highest BCUT2D eigenvalue weighted by Crippen LogP contribution is 2.27. The van der Waals surface area contributed by atoms with E-state index in [0.717, 1.165) is 6.54 Å². The van der Waals surface area contributed by atoms with Crippen LogP contribution in [0.3, 0.4) is 0 Å². The summed E-state index contributed by atoms with van der Waals surface area (Å²) in [4.78, 5) is 5.46. The topological polar surface area (TPSA) is 15.3 Å².